The second kappa shape index (κ2) is 7.03. The highest BCUT2D eigenvalue weighted by molar-refractivity contribution is 6.11. The maximum atomic E-state index is 12.6. The summed E-state index contributed by atoms with van der Waals surface area (Å²) in [6, 6.07) is 1.70. The monoisotopic (exact) mass is 334 g/mol. The van der Waals surface area contributed by atoms with Crippen molar-refractivity contribution in [2.24, 2.45) is 0 Å². The van der Waals surface area contributed by atoms with Crippen LogP contribution in [0, 0.1) is 6.92 Å². The fraction of sp³-hybridized carbons (Fsp3) is 0.500. The van der Waals surface area contributed by atoms with E-state index in [1.165, 1.54) is 6.08 Å². The molecule has 6 heteroatoms. The van der Waals surface area contributed by atoms with Gasteiger partial charge in [0.25, 0.3) is 0 Å². The van der Waals surface area contributed by atoms with E-state index < -0.39 is 23.4 Å². The third-order valence-electron chi connectivity index (χ3n) is 2.72. The molecule has 0 saturated heterocycles. The average Bonchev–Trinajstić information content (AvgIpc) is 2.36. The third kappa shape index (κ3) is 5.37. The Balaban J connectivity index is 3.42. The van der Waals surface area contributed by atoms with Gasteiger partial charge < -0.3 is 9.47 Å². The van der Waals surface area contributed by atoms with Gasteiger partial charge in [0.15, 0.2) is 0 Å². The van der Waals surface area contributed by atoms with E-state index in [1.54, 1.807) is 60.7 Å². The molecule has 0 unspecified atom stereocenters. The molecule has 0 N–H and O–H groups in total. The Bertz CT molecular complexity index is 611. The Labute approximate surface area is 143 Å². The van der Waals surface area contributed by atoms with Crippen molar-refractivity contribution in [1.29, 1.82) is 0 Å². The molecular weight excluding hydrogens is 308 g/mol. The lowest BCUT2D eigenvalue weighted by atomic mass is 10.1. The lowest BCUT2D eigenvalue weighted by Gasteiger charge is -2.29. The highest BCUT2D eigenvalue weighted by Gasteiger charge is 2.34. The molecule has 0 aliphatic heterocycles. The highest BCUT2D eigenvalue weighted by Crippen LogP contribution is 2.28. The van der Waals surface area contributed by atoms with Gasteiger partial charge in [-0.3, -0.25) is 4.98 Å². The first-order chi connectivity index (χ1) is 10.9. The standard InChI is InChI=1S/C18H26N2O4/c1-9-13-14(12(2)10-11-19-13)20(15(21)23-17(3,4)5)16(22)24-18(6,7)8/h9-11H,1H2,2-8H3. The number of rotatable bonds is 2. The number of imide groups is 1. The number of aryl methyl sites for hydroxylation is 1. The van der Waals surface area contributed by atoms with E-state index >= 15 is 0 Å². The van der Waals surface area contributed by atoms with Crippen LogP contribution in [-0.2, 0) is 9.47 Å². The summed E-state index contributed by atoms with van der Waals surface area (Å²) in [6.45, 7) is 15.8. The van der Waals surface area contributed by atoms with Crippen molar-refractivity contribution < 1.29 is 19.1 Å². The molecular formula is C18H26N2O4. The van der Waals surface area contributed by atoms with E-state index in [0.29, 0.717) is 16.9 Å². The number of pyridine rings is 1. The summed E-state index contributed by atoms with van der Waals surface area (Å²) in [5.74, 6) is 0. The Morgan fingerprint density at radius 3 is 1.92 bits per heavy atom. The second-order valence-electron chi connectivity index (χ2n) is 7.36. The summed E-state index contributed by atoms with van der Waals surface area (Å²) in [4.78, 5) is 30.3. The van der Waals surface area contributed by atoms with E-state index in [1.807, 2.05) is 0 Å². The first-order valence-electron chi connectivity index (χ1n) is 7.70. The molecule has 6 nitrogen and oxygen atoms in total. The van der Waals surface area contributed by atoms with Gasteiger partial charge in [-0.1, -0.05) is 6.58 Å². The van der Waals surface area contributed by atoms with Crippen molar-refractivity contribution in [3.8, 4) is 0 Å². The number of carbonyl (C=O) groups is 2. The number of aromatic nitrogens is 1. The normalized spacial score (nSPS) is 11.6. The Morgan fingerprint density at radius 1 is 1.08 bits per heavy atom. The van der Waals surface area contributed by atoms with Gasteiger partial charge in [0.05, 0.1) is 11.4 Å². The predicted molar refractivity (Wildman–Crippen MR) is 94.0 cm³/mol. The minimum Gasteiger partial charge on any atom is -0.443 e. The van der Waals surface area contributed by atoms with Crippen LogP contribution in [0.4, 0.5) is 15.3 Å². The zero-order valence-corrected chi connectivity index (χ0v) is 15.5. The fourth-order valence-corrected chi connectivity index (χ4v) is 1.88. The highest BCUT2D eigenvalue weighted by atomic mass is 16.6. The minimum atomic E-state index is -0.823. The van der Waals surface area contributed by atoms with Crippen LogP contribution in [-0.4, -0.2) is 28.4 Å². The molecule has 0 atom stereocenters. The molecule has 0 aromatic carbocycles. The van der Waals surface area contributed by atoms with Gasteiger partial charge in [-0.05, 0) is 66.2 Å². The molecule has 0 aliphatic rings. The second-order valence-corrected chi connectivity index (χ2v) is 7.36. The van der Waals surface area contributed by atoms with E-state index in [2.05, 4.69) is 11.6 Å². The molecule has 24 heavy (non-hydrogen) atoms. The van der Waals surface area contributed by atoms with Crippen LogP contribution in [0.15, 0.2) is 18.8 Å². The lowest BCUT2D eigenvalue weighted by Crippen LogP contribution is -2.44. The molecule has 1 heterocycles. The van der Waals surface area contributed by atoms with E-state index in [0.717, 1.165) is 4.90 Å². The Morgan fingerprint density at radius 2 is 1.54 bits per heavy atom. The topological polar surface area (TPSA) is 68.7 Å². The number of hydrogen-bond acceptors (Lipinski definition) is 5. The summed E-state index contributed by atoms with van der Waals surface area (Å²) >= 11 is 0. The molecule has 1 rings (SSSR count). The smallest absolute Gasteiger partial charge is 0.424 e. The molecule has 132 valence electrons. The molecule has 1 aromatic rings. The van der Waals surface area contributed by atoms with Crippen LogP contribution < -0.4 is 4.90 Å². The number of anilines is 1. The van der Waals surface area contributed by atoms with Gasteiger partial charge in [-0.25, -0.2) is 9.59 Å². The maximum Gasteiger partial charge on any atom is 0.424 e. The van der Waals surface area contributed by atoms with Crippen LogP contribution >= 0.6 is 0 Å². The summed E-state index contributed by atoms with van der Waals surface area (Å²) in [7, 11) is 0. The first-order valence-corrected chi connectivity index (χ1v) is 7.70. The zero-order chi connectivity index (χ0) is 18.7. The minimum absolute atomic E-state index is 0.302. The van der Waals surface area contributed by atoms with E-state index in [9.17, 15) is 9.59 Å². The van der Waals surface area contributed by atoms with Crippen molar-refractivity contribution in [2.75, 3.05) is 4.90 Å². The molecule has 2 amide bonds. The largest absolute Gasteiger partial charge is 0.443 e. The Kier molecular flexibility index (Phi) is 5.76. The maximum absolute atomic E-state index is 12.6. The van der Waals surface area contributed by atoms with Crippen molar-refractivity contribution >= 4 is 23.9 Å². The average molecular weight is 334 g/mol. The number of ether oxygens (including phenoxy) is 2. The molecule has 0 fully saturated rings. The van der Waals surface area contributed by atoms with Gasteiger partial charge in [0.2, 0.25) is 0 Å². The number of amides is 2. The summed E-state index contributed by atoms with van der Waals surface area (Å²) in [5, 5.41) is 0. The van der Waals surface area contributed by atoms with E-state index in [-0.39, 0.29) is 0 Å². The molecule has 1 aromatic heterocycles. The van der Waals surface area contributed by atoms with Crippen LogP contribution in [0.3, 0.4) is 0 Å². The van der Waals surface area contributed by atoms with Gasteiger partial charge in [0.1, 0.15) is 11.2 Å². The predicted octanol–water partition coefficient (Wildman–Crippen LogP) is 4.71. The zero-order valence-electron chi connectivity index (χ0n) is 15.5. The Hall–Kier alpha value is -2.37. The van der Waals surface area contributed by atoms with Crippen LogP contribution in [0.2, 0.25) is 0 Å². The van der Waals surface area contributed by atoms with Crippen LogP contribution in [0.5, 0.6) is 0 Å². The first kappa shape index (κ1) is 19.7. The number of nitrogens with zero attached hydrogens (tertiary/aromatic N) is 2. The van der Waals surface area contributed by atoms with Gasteiger partial charge >= 0.3 is 12.2 Å². The molecule has 0 radical (unpaired) electrons. The summed E-state index contributed by atoms with van der Waals surface area (Å²) in [5.41, 5.74) is -0.150. The number of hydrogen-bond donors (Lipinski definition) is 0. The molecule has 0 aliphatic carbocycles. The van der Waals surface area contributed by atoms with Gasteiger partial charge in [0, 0.05) is 6.20 Å². The van der Waals surface area contributed by atoms with E-state index in [4.69, 9.17) is 9.47 Å². The molecule has 0 spiro atoms. The van der Waals surface area contributed by atoms with Crippen LogP contribution in [0.1, 0.15) is 52.8 Å². The summed E-state index contributed by atoms with van der Waals surface area (Å²) in [6.07, 6.45) is 1.41. The molecule has 0 saturated carbocycles. The third-order valence-corrected chi connectivity index (χ3v) is 2.72. The lowest BCUT2D eigenvalue weighted by molar-refractivity contribution is 0.0430. The van der Waals surface area contributed by atoms with Crippen LogP contribution in [0.25, 0.3) is 6.08 Å². The van der Waals surface area contributed by atoms with Gasteiger partial charge in [-0.2, -0.15) is 4.90 Å². The van der Waals surface area contributed by atoms with Gasteiger partial charge in [-0.15, -0.1) is 0 Å². The van der Waals surface area contributed by atoms with Crippen molar-refractivity contribution in [1.82, 2.24) is 4.98 Å². The fourth-order valence-electron chi connectivity index (χ4n) is 1.88. The molecule has 0 bridgehead atoms. The SMILES string of the molecule is C=Cc1nccc(C)c1N(C(=O)OC(C)(C)C)C(=O)OC(C)(C)C. The van der Waals surface area contributed by atoms with Crippen molar-refractivity contribution in [2.45, 2.75) is 59.7 Å². The van der Waals surface area contributed by atoms with Crippen molar-refractivity contribution in [3.05, 3.63) is 30.1 Å². The number of carbonyl (C=O) groups excluding carboxylic acids is 2. The van der Waals surface area contributed by atoms with Crippen molar-refractivity contribution in [3.63, 3.8) is 0 Å². The quantitative estimate of drug-likeness (QED) is 0.783. The summed E-state index contributed by atoms with van der Waals surface area (Å²) < 4.78 is 10.7.